The van der Waals surface area contributed by atoms with Gasteiger partial charge in [-0.25, -0.2) is 4.99 Å². The number of rotatable bonds is 12. The number of ether oxygens (including phenoxy) is 3. The SMILES string of the molecule is CCNC(=NCc1cc(Br)ccc1OC(F)F)NCCCOCCOC.I. The van der Waals surface area contributed by atoms with Crippen LogP contribution in [0, 0.1) is 0 Å². The number of guanidine groups is 1. The average Bonchev–Trinajstić information content (AvgIpc) is 2.60. The molecule has 0 amide bonds. The fraction of sp³-hybridized carbons (Fsp3) is 0.588. The lowest BCUT2D eigenvalue weighted by Crippen LogP contribution is -2.38. The normalized spacial score (nSPS) is 11.3. The standard InChI is InChI=1S/C17H26BrF2N3O3.HI/c1-3-21-17(22-7-4-8-25-10-9-24-2)23-12-13-11-14(18)5-6-15(13)26-16(19)20;/h5-6,11,16H,3-4,7-10,12H2,1-2H3,(H2,21,22,23);1H. The Morgan fingerprint density at radius 1 is 1.22 bits per heavy atom. The van der Waals surface area contributed by atoms with Gasteiger partial charge in [-0.2, -0.15) is 8.78 Å². The lowest BCUT2D eigenvalue weighted by Gasteiger charge is -2.13. The summed E-state index contributed by atoms with van der Waals surface area (Å²) in [6.45, 7) is 2.42. The molecule has 1 aromatic carbocycles. The van der Waals surface area contributed by atoms with Gasteiger partial charge in [0.05, 0.1) is 19.8 Å². The number of methoxy groups -OCH3 is 1. The molecule has 0 aromatic heterocycles. The largest absolute Gasteiger partial charge is 0.434 e. The smallest absolute Gasteiger partial charge is 0.387 e. The summed E-state index contributed by atoms with van der Waals surface area (Å²) in [5.41, 5.74) is 0.569. The molecular weight excluding hydrogens is 539 g/mol. The summed E-state index contributed by atoms with van der Waals surface area (Å²) in [5, 5.41) is 6.30. The highest BCUT2D eigenvalue weighted by atomic mass is 127. The van der Waals surface area contributed by atoms with Crippen molar-refractivity contribution >= 4 is 45.9 Å². The fourth-order valence-electron chi connectivity index (χ4n) is 2.01. The van der Waals surface area contributed by atoms with Crippen LogP contribution >= 0.6 is 39.9 Å². The lowest BCUT2D eigenvalue weighted by atomic mass is 10.2. The van der Waals surface area contributed by atoms with Crippen LogP contribution in [0.3, 0.4) is 0 Å². The monoisotopic (exact) mass is 565 g/mol. The molecule has 0 aliphatic carbocycles. The van der Waals surface area contributed by atoms with E-state index in [0.29, 0.717) is 44.4 Å². The number of hydrogen-bond acceptors (Lipinski definition) is 4. The molecule has 0 aliphatic heterocycles. The maximum atomic E-state index is 12.5. The quantitative estimate of drug-likeness (QED) is 0.175. The molecule has 27 heavy (non-hydrogen) atoms. The first kappa shape index (κ1) is 26.3. The van der Waals surface area contributed by atoms with E-state index >= 15 is 0 Å². The Bertz CT molecular complexity index is 554. The lowest BCUT2D eigenvalue weighted by molar-refractivity contribution is -0.0504. The molecule has 0 saturated carbocycles. The molecule has 2 N–H and O–H groups in total. The van der Waals surface area contributed by atoms with Crippen LogP contribution in [0.1, 0.15) is 18.9 Å². The van der Waals surface area contributed by atoms with Crippen molar-refractivity contribution in [3.8, 4) is 5.75 Å². The summed E-state index contributed by atoms with van der Waals surface area (Å²) in [5.74, 6) is 0.724. The molecule has 1 rings (SSSR count). The first-order valence-electron chi connectivity index (χ1n) is 8.39. The zero-order chi connectivity index (χ0) is 19.2. The fourth-order valence-corrected chi connectivity index (χ4v) is 2.42. The number of nitrogens with zero attached hydrogens (tertiary/aromatic N) is 1. The molecule has 1 aromatic rings. The van der Waals surface area contributed by atoms with Crippen molar-refractivity contribution in [3.63, 3.8) is 0 Å². The second-order valence-electron chi connectivity index (χ2n) is 5.21. The Labute approximate surface area is 184 Å². The topological polar surface area (TPSA) is 64.1 Å². The van der Waals surface area contributed by atoms with Crippen molar-refractivity contribution in [2.75, 3.05) is 40.0 Å². The van der Waals surface area contributed by atoms with Crippen molar-refractivity contribution in [1.82, 2.24) is 10.6 Å². The van der Waals surface area contributed by atoms with E-state index in [4.69, 9.17) is 9.47 Å². The molecule has 0 spiro atoms. The second-order valence-corrected chi connectivity index (χ2v) is 6.13. The molecule has 156 valence electrons. The van der Waals surface area contributed by atoms with Gasteiger partial charge in [0.1, 0.15) is 5.75 Å². The minimum Gasteiger partial charge on any atom is -0.434 e. The molecule has 0 saturated heterocycles. The number of nitrogens with one attached hydrogen (secondary N) is 2. The van der Waals surface area contributed by atoms with Crippen LogP contribution in [-0.4, -0.2) is 52.6 Å². The van der Waals surface area contributed by atoms with Gasteiger partial charge in [0.2, 0.25) is 0 Å². The maximum absolute atomic E-state index is 12.5. The van der Waals surface area contributed by atoms with Gasteiger partial charge in [-0.1, -0.05) is 15.9 Å². The van der Waals surface area contributed by atoms with Crippen molar-refractivity contribution < 1.29 is 23.0 Å². The van der Waals surface area contributed by atoms with Crippen LogP contribution in [0.25, 0.3) is 0 Å². The maximum Gasteiger partial charge on any atom is 0.387 e. The van der Waals surface area contributed by atoms with Crippen molar-refractivity contribution in [3.05, 3.63) is 28.2 Å². The second kappa shape index (κ2) is 16.3. The zero-order valence-electron chi connectivity index (χ0n) is 15.5. The number of alkyl halides is 2. The minimum absolute atomic E-state index is 0. The number of benzene rings is 1. The van der Waals surface area contributed by atoms with Gasteiger partial charge in [0.15, 0.2) is 5.96 Å². The first-order chi connectivity index (χ1) is 12.6. The van der Waals surface area contributed by atoms with Crippen molar-refractivity contribution in [2.45, 2.75) is 26.5 Å². The average molecular weight is 566 g/mol. The molecule has 0 atom stereocenters. The van der Waals surface area contributed by atoms with E-state index in [-0.39, 0.29) is 36.3 Å². The van der Waals surface area contributed by atoms with E-state index in [9.17, 15) is 8.78 Å². The third-order valence-corrected chi connectivity index (χ3v) is 3.67. The highest BCUT2D eigenvalue weighted by Crippen LogP contribution is 2.25. The van der Waals surface area contributed by atoms with Crippen molar-refractivity contribution in [2.24, 2.45) is 4.99 Å². The third-order valence-electron chi connectivity index (χ3n) is 3.18. The van der Waals surface area contributed by atoms with Crippen LogP contribution < -0.4 is 15.4 Å². The summed E-state index contributed by atoms with van der Waals surface area (Å²) >= 11 is 3.33. The Morgan fingerprint density at radius 2 is 2.00 bits per heavy atom. The molecule has 0 radical (unpaired) electrons. The van der Waals surface area contributed by atoms with Crippen LogP contribution in [0.5, 0.6) is 5.75 Å². The summed E-state index contributed by atoms with van der Waals surface area (Å²) in [7, 11) is 1.63. The highest BCUT2D eigenvalue weighted by Gasteiger charge is 2.10. The van der Waals surface area contributed by atoms with Gasteiger partial charge in [-0.15, -0.1) is 24.0 Å². The van der Waals surface area contributed by atoms with Gasteiger partial charge >= 0.3 is 6.61 Å². The molecule has 6 nitrogen and oxygen atoms in total. The van der Waals surface area contributed by atoms with E-state index in [1.54, 1.807) is 19.2 Å². The Kier molecular flexibility index (Phi) is 15.8. The third kappa shape index (κ3) is 12.4. The van der Waals surface area contributed by atoms with Gasteiger partial charge in [-0.3, -0.25) is 0 Å². The van der Waals surface area contributed by atoms with Gasteiger partial charge in [0.25, 0.3) is 0 Å². The number of aliphatic imine (C=N–C) groups is 1. The molecule has 0 heterocycles. The summed E-state index contributed by atoms with van der Waals surface area (Å²) < 4.78 is 40.7. The van der Waals surface area contributed by atoms with Crippen molar-refractivity contribution in [1.29, 1.82) is 0 Å². The molecule has 0 bridgehead atoms. The summed E-state index contributed by atoms with van der Waals surface area (Å²) in [4.78, 5) is 4.43. The predicted molar refractivity (Wildman–Crippen MR) is 116 cm³/mol. The Hall–Kier alpha value is -0.720. The molecule has 0 fully saturated rings. The Balaban J connectivity index is 0.00000676. The van der Waals surface area contributed by atoms with E-state index in [2.05, 4.69) is 36.3 Å². The molecule has 10 heteroatoms. The van der Waals surface area contributed by atoms with E-state index < -0.39 is 6.61 Å². The van der Waals surface area contributed by atoms with E-state index in [1.165, 1.54) is 6.07 Å². The molecular formula is C17H27BrF2IN3O3. The molecule has 0 aliphatic rings. The van der Waals surface area contributed by atoms with Crippen LogP contribution in [0.15, 0.2) is 27.7 Å². The zero-order valence-corrected chi connectivity index (χ0v) is 19.4. The van der Waals surface area contributed by atoms with Gasteiger partial charge in [-0.05, 0) is 31.5 Å². The van der Waals surface area contributed by atoms with E-state index in [0.717, 1.165) is 10.9 Å². The highest BCUT2D eigenvalue weighted by molar-refractivity contribution is 14.0. The van der Waals surface area contributed by atoms with Crippen LogP contribution in [0.4, 0.5) is 8.78 Å². The first-order valence-corrected chi connectivity index (χ1v) is 9.18. The minimum atomic E-state index is -2.87. The molecule has 0 unspecified atom stereocenters. The number of hydrogen-bond donors (Lipinski definition) is 2. The summed E-state index contributed by atoms with van der Waals surface area (Å²) in [6.07, 6.45) is 0.810. The van der Waals surface area contributed by atoms with E-state index in [1.807, 2.05) is 6.92 Å². The van der Waals surface area contributed by atoms with Gasteiger partial charge < -0.3 is 24.8 Å². The van der Waals surface area contributed by atoms with Crippen LogP contribution in [0.2, 0.25) is 0 Å². The van der Waals surface area contributed by atoms with Crippen LogP contribution in [-0.2, 0) is 16.0 Å². The Morgan fingerprint density at radius 3 is 2.67 bits per heavy atom. The summed E-state index contributed by atoms with van der Waals surface area (Å²) in [6, 6.07) is 4.87. The predicted octanol–water partition coefficient (Wildman–Crippen LogP) is 3.78. The van der Waals surface area contributed by atoms with Gasteiger partial charge in [0, 0.05) is 36.8 Å². The number of halogens is 4.